The van der Waals surface area contributed by atoms with Gasteiger partial charge < -0.3 is 0 Å². The largest absolute Gasteiger partial charge is 0.0654 e. The summed E-state index contributed by atoms with van der Waals surface area (Å²) >= 11 is 0. The minimum atomic E-state index is 1.36. The molecule has 0 saturated carbocycles. The Balaban J connectivity index is 2.65. The van der Waals surface area contributed by atoms with Gasteiger partial charge in [0, 0.05) is 0 Å². The molecule has 0 aliphatic rings. The number of rotatable bonds is 7. The lowest BCUT2D eigenvalue weighted by Gasteiger charge is -1.96. The van der Waals surface area contributed by atoms with Crippen LogP contribution >= 0.6 is 16.5 Å². The fourth-order valence-corrected chi connectivity index (χ4v) is 3.49. The third kappa shape index (κ3) is 8.86. The third-order valence-corrected chi connectivity index (χ3v) is 4.36. The van der Waals surface area contributed by atoms with E-state index in [2.05, 4.69) is 13.8 Å². The average molecular weight is 176 g/mol. The molecule has 2 radical (unpaired) electrons. The van der Waals surface area contributed by atoms with Gasteiger partial charge in [-0.2, -0.15) is 0 Å². The SMILES string of the molecule is CCCC[P][P]CCCC. The Labute approximate surface area is 69.0 Å². The maximum Gasteiger partial charge on any atom is -0.0242 e. The van der Waals surface area contributed by atoms with Crippen LogP contribution in [-0.4, -0.2) is 12.3 Å². The van der Waals surface area contributed by atoms with Gasteiger partial charge in [-0.15, -0.1) is 0 Å². The minimum absolute atomic E-state index is 1.36. The van der Waals surface area contributed by atoms with E-state index < -0.39 is 0 Å². The summed E-state index contributed by atoms with van der Waals surface area (Å²) in [5.41, 5.74) is 0. The molecule has 0 heterocycles. The highest BCUT2D eigenvalue weighted by molar-refractivity contribution is 8.11. The fraction of sp³-hybridized carbons (Fsp3) is 1.00. The Bertz CT molecular complexity index is 47.2. The molecule has 10 heavy (non-hydrogen) atoms. The molecule has 2 heteroatoms. The van der Waals surface area contributed by atoms with Crippen molar-refractivity contribution in [1.29, 1.82) is 0 Å². The summed E-state index contributed by atoms with van der Waals surface area (Å²) in [5, 5.41) is 0. The number of unbranched alkanes of at least 4 members (excludes halogenated alkanes) is 2. The van der Waals surface area contributed by atoms with Crippen LogP contribution in [0.3, 0.4) is 0 Å². The highest BCUT2D eigenvalue weighted by atomic mass is 32.0. The van der Waals surface area contributed by atoms with Gasteiger partial charge in [0.05, 0.1) is 0 Å². The van der Waals surface area contributed by atoms with Crippen LogP contribution in [0.15, 0.2) is 0 Å². The number of hydrogen-bond acceptors (Lipinski definition) is 0. The van der Waals surface area contributed by atoms with Crippen molar-refractivity contribution in [3.63, 3.8) is 0 Å². The van der Waals surface area contributed by atoms with Crippen molar-refractivity contribution in [3.8, 4) is 0 Å². The molecule has 0 aromatic carbocycles. The van der Waals surface area contributed by atoms with Crippen LogP contribution < -0.4 is 0 Å². The molecule has 0 fully saturated rings. The van der Waals surface area contributed by atoms with Crippen molar-refractivity contribution in [1.82, 2.24) is 0 Å². The van der Waals surface area contributed by atoms with Crippen molar-refractivity contribution in [2.24, 2.45) is 0 Å². The topological polar surface area (TPSA) is 0 Å². The minimum Gasteiger partial charge on any atom is -0.0654 e. The Kier molecular flexibility index (Phi) is 10.7. The van der Waals surface area contributed by atoms with Crippen molar-refractivity contribution in [2.75, 3.05) is 12.3 Å². The monoisotopic (exact) mass is 176 g/mol. The van der Waals surface area contributed by atoms with E-state index in [0.29, 0.717) is 0 Å². The maximum absolute atomic E-state index is 2.26. The van der Waals surface area contributed by atoms with Gasteiger partial charge in [0.2, 0.25) is 0 Å². The molecular weight excluding hydrogens is 158 g/mol. The normalized spacial score (nSPS) is 12.6. The molecule has 0 aliphatic carbocycles. The zero-order valence-corrected chi connectivity index (χ0v) is 8.93. The van der Waals surface area contributed by atoms with Crippen LogP contribution in [0.1, 0.15) is 39.5 Å². The van der Waals surface area contributed by atoms with Crippen LogP contribution in [0.25, 0.3) is 0 Å². The third-order valence-electron chi connectivity index (χ3n) is 1.32. The van der Waals surface area contributed by atoms with Gasteiger partial charge in [-0.25, -0.2) is 0 Å². The molecule has 0 amide bonds. The van der Waals surface area contributed by atoms with E-state index in [1.807, 2.05) is 0 Å². The molecule has 0 bridgehead atoms. The van der Waals surface area contributed by atoms with Gasteiger partial charge >= 0.3 is 0 Å². The maximum atomic E-state index is 2.26. The second kappa shape index (κ2) is 9.86. The first-order valence-electron chi connectivity index (χ1n) is 4.25. The second-order valence-electron chi connectivity index (χ2n) is 2.44. The zero-order valence-electron chi connectivity index (χ0n) is 7.14. The second-order valence-corrected chi connectivity index (χ2v) is 5.59. The van der Waals surface area contributed by atoms with Gasteiger partial charge in [0.15, 0.2) is 0 Å². The highest BCUT2D eigenvalue weighted by Crippen LogP contribution is 2.37. The molecule has 0 aliphatic heterocycles. The van der Waals surface area contributed by atoms with E-state index in [1.165, 1.54) is 38.0 Å². The van der Waals surface area contributed by atoms with E-state index in [1.54, 1.807) is 16.5 Å². The molecule has 0 nitrogen and oxygen atoms in total. The molecule has 0 aromatic heterocycles. The van der Waals surface area contributed by atoms with Crippen LogP contribution in [0.2, 0.25) is 0 Å². The predicted molar refractivity (Wildman–Crippen MR) is 53.4 cm³/mol. The number of hydrogen-bond donors (Lipinski definition) is 0. The Morgan fingerprint density at radius 2 is 1.20 bits per heavy atom. The van der Waals surface area contributed by atoms with Gasteiger partial charge in [0.1, 0.15) is 0 Å². The van der Waals surface area contributed by atoms with Crippen LogP contribution in [0.4, 0.5) is 0 Å². The van der Waals surface area contributed by atoms with E-state index >= 15 is 0 Å². The Hall–Kier alpha value is 0.860. The smallest absolute Gasteiger partial charge is 0.0242 e. The van der Waals surface area contributed by atoms with Crippen LogP contribution in [-0.2, 0) is 0 Å². The summed E-state index contributed by atoms with van der Waals surface area (Å²) in [6.07, 6.45) is 8.39. The lowest BCUT2D eigenvalue weighted by atomic mass is 10.4. The van der Waals surface area contributed by atoms with Gasteiger partial charge in [-0.1, -0.05) is 26.7 Å². The van der Waals surface area contributed by atoms with Crippen LogP contribution in [0.5, 0.6) is 0 Å². The van der Waals surface area contributed by atoms with E-state index in [0.717, 1.165) is 0 Å². The Morgan fingerprint density at radius 1 is 0.800 bits per heavy atom. The fourth-order valence-electron chi connectivity index (χ4n) is 0.599. The zero-order chi connectivity index (χ0) is 7.66. The summed E-state index contributed by atoms with van der Waals surface area (Å²) in [5.74, 6) is 0. The molecule has 0 unspecified atom stereocenters. The molecular formula is C8H18P2. The molecule has 60 valence electrons. The van der Waals surface area contributed by atoms with Crippen molar-refractivity contribution >= 4 is 16.5 Å². The summed E-state index contributed by atoms with van der Waals surface area (Å²) in [6.45, 7) is 4.52. The van der Waals surface area contributed by atoms with E-state index in [-0.39, 0.29) is 0 Å². The lowest BCUT2D eigenvalue weighted by Crippen LogP contribution is -1.72. The first-order valence-corrected chi connectivity index (χ1v) is 7.11. The van der Waals surface area contributed by atoms with Crippen molar-refractivity contribution in [3.05, 3.63) is 0 Å². The quantitative estimate of drug-likeness (QED) is 0.398. The molecule has 0 aromatic rings. The summed E-state index contributed by atoms with van der Waals surface area (Å²) < 4.78 is 0. The average Bonchev–Trinajstić information content (AvgIpc) is 1.97. The molecule has 0 rings (SSSR count). The van der Waals surface area contributed by atoms with Gasteiger partial charge in [-0.05, 0) is 41.7 Å². The first kappa shape index (κ1) is 10.9. The van der Waals surface area contributed by atoms with Gasteiger partial charge in [-0.3, -0.25) is 0 Å². The summed E-state index contributed by atoms with van der Waals surface area (Å²) in [7, 11) is 3.31. The van der Waals surface area contributed by atoms with Crippen molar-refractivity contribution < 1.29 is 0 Å². The van der Waals surface area contributed by atoms with Crippen molar-refractivity contribution in [2.45, 2.75) is 39.5 Å². The first-order chi connectivity index (χ1) is 4.91. The predicted octanol–water partition coefficient (Wildman–Crippen LogP) is 4.39. The summed E-state index contributed by atoms with van der Waals surface area (Å²) in [6, 6.07) is 0. The Morgan fingerprint density at radius 3 is 1.50 bits per heavy atom. The standard InChI is InChI=1S/C8H18P2/c1-3-5-7-9-10-8-6-4-2/h3-8H2,1-2H3. The molecule has 0 saturated heterocycles. The molecule has 0 N–H and O–H groups in total. The van der Waals surface area contributed by atoms with Gasteiger partial charge in [0.25, 0.3) is 0 Å². The van der Waals surface area contributed by atoms with E-state index in [4.69, 9.17) is 0 Å². The highest BCUT2D eigenvalue weighted by Gasteiger charge is 1.88. The summed E-state index contributed by atoms with van der Waals surface area (Å²) in [4.78, 5) is 0. The lowest BCUT2D eigenvalue weighted by molar-refractivity contribution is 0.892. The molecule has 0 atom stereocenters. The van der Waals surface area contributed by atoms with E-state index in [9.17, 15) is 0 Å². The van der Waals surface area contributed by atoms with Crippen LogP contribution in [0, 0.1) is 0 Å². The molecule has 0 spiro atoms.